The second kappa shape index (κ2) is 5.26. The van der Waals surface area contributed by atoms with Crippen LogP contribution >= 0.6 is 0 Å². The van der Waals surface area contributed by atoms with E-state index in [1.54, 1.807) is 0 Å². The number of nitrogens with one attached hydrogen (secondary N) is 1. The average molecular weight is 282 g/mol. The van der Waals surface area contributed by atoms with Crippen LogP contribution in [0.25, 0.3) is 0 Å². The molecule has 0 aromatic carbocycles. The van der Waals surface area contributed by atoms with Gasteiger partial charge in [-0.05, 0) is 20.3 Å². The second-order valence-corrected chi connectivity index (χ2v) is 5.06. The van der Waals surface area contributed by atoms with Crippen molar-refractivity contribution in [2.45, 2.75) is 38.4 Å². The predicted octanol–water partition coefficient (Wildman–Crippen LogP) is 1.83. The van der Waals surface area contributed by atoms with Crippen molar-refractivity contribution in [2.24, 2.45) is 5.92 Å². The fourth-order valence-corrected chi connectivity index (χ4v) is 2.39. The van der Waals surface area contributed by atoms with Gasteiger partial charge in [-0.25, -0.2) is 4.79 Å². The van der Waals surface area contributed by atoms with E-state index in [1.807, 2.05) is 0 Å². The van der Waals surface area contributed by atoms with Crippen LogP contribution in [-0.2, 0) is 4.79 Å². The van der Waals surface area contributed by atoms with Gasteiger partial charge < -0.3 is 15.3 Å². The number of nitrogens with zero attached hydrogens (tertiary/aromatic N) is 1. The standard InChI is InChI=1S/C11H17F3N2O3/c1-10(2)7(11(12,13)14)4-6-16(10)9(19)15-5-3-8(17)18/h7H,3-6H2,1-2H3,(H,15,19)(H,17,18). The minimum atomic E-state index is -4.35. The lowest BCUT2D eigenvalue weighted by molar-refractivity contribution is -0.189. The van der Waals surface area contributed by atoms with Gasteiger partial charge in [0.05, 0.1) is 17.9 Å². The fourth-order valence-electron chi connectivity index (χ4n) is 2.39. The van der Waals surface area contributed by atoms with Crippen LogP contribution < -0.4 is 5.32 Å². The molecule has 110 valence electrons. The number of hydrogen-bond acceptors (Lipinski definition) is 2. The number of carbonyl (C=O) groups excluding carboxylic acids is 1. The number of carboxylic acids is 1. The summed E-state index contributed by atoms with van der Waals surface area (Å²) >= 11 is 0. The zero-order chi connectivity index (χ0) is 14.8. The number of alkyl halides is 3. The number of amides is 2. The van der Waals surface area contributed by atoms with Gasteiger partial charge in [0.2, 0.25) is 0 Å². The quantitative estimate of drug-likeness (QED) is 0.829. The van der Waals surface area contributed by atoms with Crippen LogP contribution in [0.4, 0.5) is 18.0 Å². The minimum Gasteiger partial charge on any atom is -0.481 e. The van der Waals surface area contributed by atoms with Crippen LogP contribution in [-0.4, -0.2) is 46.8 Å². The molecule has 1 unspecified atom stereocenters. The molecule has 1 aliphatic rings. The van der Waals surface area contributed by atoms with Crippen LogP contribution in [0.1, 0.15) is 26.7 Å². The normalized spacial score (nSPS) is 22.4. The van der Waals surface area contributed by atoms with Gasteiger partial charge in [0.15, 0.2) is 0 Å². The Bertz CT molecular complexity index is 369. The summed E-state index contributed by atoms with van der Waals surface area (Å²) in [5.41, 5.74) is -1.33. The van der Waals surface area contributed by atoms with Crippen molar-refractivity contribution in [3.05, 3.63) is 0 Å². The maximum atomic E-state index is 12.8. The molecule has 0 bridgehead atoms. The van der Waals surface area contributed by atoms with E-state index >= 15 is 0 Å². The summed E-state index contributed by atoms with van der Waals surface area (Å²) in [4.78, 5) is 23.2. The van der Waals surface area contributed by atoms with Crippen LogP contribution in [0.5, 0.6) is 0 Å². The summed E-state index contributed by atoms with van der Waals surface area (Å²) in [6.07, 6.45) is -4.74. The Morgan fingerprint density at radius 3 is 2.42 bits per heavy atom. The molecule has 5 nitrogen and oxygen atoms in total. The highest BCUT2D eigenvalue weighted by Crippen LogP contribution is 2.44. The summed E-state index contributed by atoms with van der Waals surface area (Å²) in [7, 11) is 0. The lowest BCUT2D eigenvalue weighted by Crippen LogP contribution is -2.53. The summed E-state index contributed by atoms with van der Waals surface area (Å²) in [5, 5.41) is 10.8. The van der Waals surface area contributed by atoms with Crippen molar-refractivity contribution in [1.29, 1.82) is 0 Å². The van der Waals surface area contributed by atoms with E-state index in [-0.39, 0.29) is 25.9 Å². The molecule has 19 heavy (non-hydrogen) atoms. The molecule has 0 radical (unpaired) electrons. The molecular weight excluding hydrogens is 265 g/mol. The first-order valence-electron chi connectivity index (χ1n) is 5.90. The van der Waals surface area contributed by atoms with E-state index in [1.165, 1.54) is 13.8 Å². The van der Waals surface area contributed by atoms with Crippen LogP contribution in [0, 0.1) is 5.92 Å². The highest BCUT2D eigenvalue weighted by molar-refractivity contribution is 5.76. The van der Waals surface area contributed by atoms with Crippen molar-refractivity contribution in [3.8, 4) is 0 Å². The lowest BCUT2D eigenvalue weighted by atomic mass is 9.88. The molecular formula is C11H17F3N2O3. The monoisotopic (exact) mass is 282 g/mol. The second-order valence-electron chi connectivity index (χ2n) is 5.06. The van der Waals surface area contributed by atoms with E-state index in [2.05, 4.69) is 5.32 Å². The molecule has 1 fully saturated rings. The molecule has 0 spiro atoms. The summed E-state index contributed by atoms with van der Waals surface area (Å²) in [6, 6.07) is -0.655. The molecule has 0 aromatic rings. The van der Waals surface area contributed by atoms with Crippen LogP contribution in [0.15, 0.2) is 0 Å². The third-order valence-corrected chi connectivity index (χ3v) is 3.45. The minimum absolute atomic E-state index is 0.0100. The van der Waals surface area contributed by atoms with E-state index < -0.39 is 29.6 Å². The SMILES string of the molecule is CC1(C)C(C(F)(F)F)CCN1C(=O)NCCC(=O)O. The molecule has 2 amide bonds. The zero-order valence-corrected chi connectivity index (χ0v) is 10.8. The van der Waals surface area contributed by atoms with Gasteiger partial charge in [0, 0.05) is 13.1 Å². The Hall–Kier alpha value is -1.47. The van der Waals surface area contributed by atoms with Crippen LogP contribution in [0.2, 0.25) is 0 Å². The van der Waals surface area contributed by atoms with Gasteiger partial charge >= 0.3 is 18.2 Å². The molecule has 1 atom stereocenters. The Morgan fingerprint density at radius 2 is 2.00 bits per heavy atom. The van der Waals surface area contributed by atoms with E-state index in [4.69, 9.17) is 5.11 Å². The van der Waals surface area contributed by atoms with E-state index in [0.29, 0.717) is 0 Å². The summed E-state index contributed by atoms with van der Waals surface area (Å²) < 4.78 is 38.4. The maximum Gasteiger partial charge on any atom is 0.394 e. The first-order valence-corrected chi connectivity index (χ1v) is 5.90. The van der Waals surface area contributed by atoms with Gasteiger partial charge in [-0.15, -0.1) is 0 Å². The van der Waals surface area contributed by atoms with E-state index in [0.717, 1.165) is 4.90 Å². The predicted molar refractivity (Wildman–Crippen MR) is 60.6 cm³/mol. The van der Waals surface area contributed by atoms with Gasteiger partial charge in [-0.1, -0.05) is 0 Å². The molecule has 2 N–H and O–H groups in total. The molecule has 1 saturated heterocycles. The number of rotatable bonds is 3. The number of hydrogen-bond donors (Lipinski definition) is 2. The number of aliphatic carboxylic acids is 1. The van der Waals surface area contributed by atoms with Gasteiger partial charge in [0.25, 0.3) is 0 Å². The number of carboxylic acid groups (broad SMARTS) is 1. The highest BCUT2D eigenvalue weighted by atomic mass is 19.4. The average Bonchev–Trinajstić information content (AvgIpc) is 2.52. The highest BCUT2D eigenvalue weighted by Gasteiger charge is 2.56. The molecule has 0 saturated carbocycles. The molecule has 1 heterocycles. The van der Waals surface area contributed by atoms with E-state index in [9.17, 15) is 22.8 Å². The third-order valence-electron chi connectivity index (χ3n) is 3.45. The lowest BCUT2D eigenvalue weighted by Gasteiger charge is -2.36. The molecule has 0 aromatic heterocycles. The largest absolute Gasteiger partial charge is 0.481 e. The molecule has 1 rings (SSSR count). The maximum absolute atomic E-state index is 12.8. The number of urea groups is 1. The van der Waals surface area contributed by atoms with Crippen LogP contribution in [0.3, 0.4) is 0 Å². The van der Waals surface area contributed by atoms with Crippen molar-refractivity contribution in [1.82, 2.24) is 10.2 Å². The van der Waals surface area contributed by atoms with Gasteiger partial charge in [-0.3, -0.25) is 4.79 Å². The van der Waals surface area contributed by atoms with Crippen molar-refractivity contribution >= 4 is 12.0 Å². The Balaban J connectivity index is 2.65. The third kappa shape index (κ3) is 3.51. The van der Waals surface area contributed by atoms with Gasteiger partial charge in [-0.2, -0.15) is 13.2 Å². The van der Waals surface area contributed by atoms with Crippen molar-refractivity contribution < 1.29 is 27.9 Å². The Labute approximate surface area is 108 Å². The molecule has 8 heteroatoms. The summed E-state index contributed by atoms with van der Waals surface area (Å²) in [6.45, 7) is 2.65. The first-order chi connectivity index (χ1) is 8.56. The number of halogens is 3. The van der Waals surface area contributed by atoms with Gasteiger partial charge in [0.1, 0.15) is 0 Å². The molecule has 0 aliphatic carbocycles. The Morgan fingerprint density at radius 1 is 1.42 bits per heavy atom. The summed E-state index contributed by atoms with van der Waals surface area (Å²) in [5.74, 6) is -2.64. The van der Waals surface area contributed by atoms with Crippen molar-refractivity contribution in [3.63, 3.8) is 0 Å². The Kier molecular flexibility index (Phi) is 4.32. The smallest absolute Gasteiger partial charge is 0.394 e. The molecule has 1 aliphatic heterocycles. The topological polar surface area (TPSA) is 69.6 Å². The zero-order valence-electron chi connectivity index (χ0n) is 10.8. The fraction of sp³-hybridized carbons (Fsp3) is 0.818. The number of likely N-dealkylation sites (tertiary alicyclic amines) is 1. The first kappa shape index (κ1) is 15.6. The number of carbonyl (C=O) groups is 2. The van der Waals surface area contributed by atoms with Crippen molar-refractivity contribution in [2.75, 3.05) is 13.1 Å².